The summed E-state index contributed by atoms with van der Waals surface area (Å²) >= 11 is 2.60. The van der Waals surface area contributed by atoms with Gasteiger partial charge in [0.25, 0.3) is 5.91 Å². The highest BCUT2D eigenvalue weighted by atomic mass is 32.2. The van der Waals surface area contributed by atoms with Crippen LogP contribution in [-0.2, 0) is 0 Å². The third kappa shape index (κ3) is 3.59. The first-order valence-electron chi connectivity index (χ1n) is 6.01. The molecule has 6 nitrogen and oxygen atoms in total. The van der Waals surface area contributed by atoms with Crippen LogP contribution in [0.25, 0.3) is 0 Å². The zero-order valence-electron chi connectivity index (χ0n) is 11.4. The van der Waals surface area contributed by atoms with Crippen molar-refractivity contribution in [2.24, 2.45) is 0 Å². The van der Waals surface area contributed by atoms with E-state index in [1.807, 2.05) is 6.26 Å². The molecule has 0 saturated carbocycles. The van der Waals surface area contributed by atoms with Gasteiger partial charge in [0, 0.05) is 11.6 Å². The van der Waals surface area contributed by atoms with Crippen molar-refractivity contribution in [1.29, 1.82) is 0 Å². The van der Waals surface area contributed by atoms with E-state index in [0.717, 1.165) is 0 Å². The number of thiazole rings is 1. The number of carbonyl (C=O) groups is 2. The van der Waals surface area contributed by atoms with Crippen LogP contribution >= 0.6 is 23.1 Å². The lowest BCUT2D eigenvalue weighted by atomic mass is 10.2. The van der Waals surface area contributed by atoms with Crippen LogP contribution in [0.1, 0.15) is 38.8 Å². The summed E-state index contributed by atoms with van der Waals surface area (Å²) < 4.78 is 0. The number of aromatic nitrogens is 2. The number of pyridine rings is 1. The van der Waals surface area contributed by atoms with E-state index in [-0.39, 0.29) is 17.6 Å². The van der Waals surface area contributed by atoms with Crippen molar-refractivity contribution in [3.63, 3.8) is 0 Å². The Bertz CT molecular complexity index is 672. The van der Waals surface area contributed by atoms with Crippen LogP contribution in [0.4, 0.5) is 0 Å². The maximum Gasteiger partial charge on any atom is 0.355 e. The van der Waals surface area contributed by atoms with Gasteiger partial charge >= 0.3 is 5.97 Å². The Labute approximate surface area is 129 Å². The van der Waals surface area contributed by atoms with Crippen molar-refractivity contribution in [3.8, 4) is 0 Å². The summed E-state index contributed by atoms with van der Waals surface area (Å²) in [5.41, 5.74) is 0.481. The second kappa shape index (κ2) is 6.68. The summed E-state index contributed by atoms with van der Waals surface area (Å²) in [6, 6.07) is 3.03. The number of carbonyl (C=O) groups excluding carboxylic acids is 1. The van der Waals surface area contributed by atoms with E-state index < -0.39 is 5.97 Å². The van der Waals surface area contributed by atoms with Crippen LogP contribution < -0.4 is 5.32 Å². The number of hydrogen-bond acceptors (Lipinski definition) is 6. The molecule has 0 fully saturated rings. The molecule has 1 unspecified atom stereocenters. The lowest BCUT2D eigenvalue weighted by Crippen LogP contribution is -2.27. The first kappa shape index (κ1) is 15.5. The van der Waals surface area contributed by atoms with Crippen molar-refractivity contribution in [3.05, 3.63) is 40.0 Å². The van der Waals surface area contributed by atoms with Crippen LogP contribution in [0.2, 0.25) is 0 Å². The van der Waals surface area contributed by atoms with Crippen LogP contribution in [0, 0.1) is 0 Å². The Balaban J connectivity index is 2.13. The highest BCUT2D eigenvalue weighted by molar-refractivity contribution is 7.98. The first-order valence-corrected chi connectivity index (χ1v) is 8.12. The summed E-state index contributed by atoms with van der Waals surface area (Å²) in [6.07, 6.45) is 3.48. The van der Waals surface area contributed by atoms with E-state index >= 15 is 0 Å². The van der Waals surface area contributed by atoms with Gasteiger partial charge in [0.1, 0.15) is 10.0 Å². The fraction of sp³-hybridized carbons (Fsp3) is 0.231. The Morgan fingerprint density at radius 1 is 1.48 bits per heavy atom. The minimum Gasteiger partial charge on any atom is -0.476 e. The number of nitrogens with one attached hydrogen (secondary N) is 1. The third-order valence-electron chi connectivity index (χ3n) is 2.67. The molecule has 2 rings (SSSR count). The van der Waals surface area contributed by atoms with E-state index in [4.69, 9.17) is 5.11 Å². The van der Waals surface area contributed by atoms with E-state index in [0.29, 0.717) is 15.6 Å². The van der Waals surface area contributed by atoms with Gasteiger partial charge in [-0.2, -0.15) is 0 Å². The monoisotopic (exact) mass is 323 g/mol. The molecule has 0 bridgehead atoms. The summed E-state index contributed by atoms with van der Waals surface area (Å²) in [5.74, 6) is -1.33. The van der Waals surface area contributed by atoms with Gasteiger partial charge in [-0.1, -0.05) is 0 Å². The minimum absolute atomic E-state index is 0.0118. The Hall–Kier alpha value is -1.93. The topological polar surface area (TPSA) is 92.2 Å². The fourth-order valence-corrected chi connectivity index (χ4v) is 2.99. The van der Waals surface area contributed by atoms with Gasteiger partial charge in [-0.15, -0.1) is 23.1 Å². The molecule has 0 aliphatic heterocycles. The summed E-state index contributed by atoms with van der Waals surface area (Å²) in [4.78, 5) is 31.2. The van der Waals surface area contributed by atoms with Crippen LogP contribution in [-0.4, -0.2) is 33.2 Å². The van der Waals surface area contributed by atoms with Crippen molar-refractivity contribution < 1.29 is 14.7 Å². The number of hydrogen-bond donors (Lipinski definition) is 2. The third-order valence-corrected chi connectivity index (χ3v) is 4.41. The molecule has 0 radical (unpaired) electrons. The Morgan fingerprint density at radius 2 is 2.24 bits per heavy atom. The van der Waals surface area contributed by atoms with Crippen LogP contribution in [0.15, 0.2) is 28.7 Å². The lowest BCUT2D eigenvalue weighted by Gasteiger charge is -2.12. The molecule has 2 N–H and O–H groups in total. The van der Waals surface area contributed by atoms with E-state index in [9.17, 15) is 9.59 Å². The second-order valence-electron chi connectivity index (χ2n) is 4.13. The van der Waals surface area contributed by atoms with Gasteiger partial charge in [-0.25, -0.2) is 14.8 Å². The van der Waals surface area contributed by atoms with Gasteiger partial charge in [-0.05, 0) is 25.3 Å². The smallest absolute Gasteiger partial charge is 0.355 e. The van der Waals surface area contributed by atoms with Crippen molar-refractivity contribution in [2.75, 3.05) is 6.26 Å². The SMILES string of the molecule is CSc1ncccc1C(=O)NC(C)c1nc(C(=O)O)cs1. The lowest BCUT2D eigenvalue weighted by molar-refractivity contribution is 0.0691. The summed E-state index contributed by atoms with van der Waals surface area (Å²) in [5, 5.41) is 14.3. The quantitative estimate of drug-likeness (QED) is 0.821. The van der Waals surface area contributed by atoms with Gasteiger partial charge in [0.05, 0.1) is 11.6 Å². The Morgan fingerprint density at radius 3 is 2.86 bits per heavy atom. The van der Waals surface area contributed by atoms with Crippen molar-refractivity contribution in [1.82, 2.24) is 15.3 Å². The number of carboxylic acids is 1. The molecule has 2 aromatic rings. The molecular weight excluding hydrogens is 310 g/mol. The average Bonchev–Trinajstić information content (AvgIpc) is 2.97. The van der Waals surface area contributed by atoms with Gasteiger partial charge in [0.15, 0.2) is 5.69 Å². The van der Waals surface area contributed by atoms with Crippen LogP contribution in [0.5, 0.6) is 0 Å². The van der Waals surface area contributed by atoms with Gasteiger partial charge < -0.3 is 10.4 Å². The molecule has 1 amide bonds. The molecule has 0 saturated heterocycles. The predicted octanol–water partition coefficient (Wildman–Crippen LogP) is 2.45. The Kier molecular flexibility index (Phi) is 4.92. The van der Waals surface area contributed by atoms with Crippen molar-refractivity contribution in [2.45, 2.75) is 18.0 Å². The molecule has 2 aromatic heterocycles. The maximum absolute atomic E-state index is 12.2. The van der Waals surface area contributed by atoms with Gasteiger partial charge in [-0.3, -0.25) is 4.79 Å². The highest BCUT2D eigenvalue weighted by Gasteiger charge is 2.18. The molecule has 0 aliphatic rings. The molecule has 0 aromatic carbocycles. The zero-order valence-corrected chi connectivity index (χ0v) is 13.0. The van der Waals surface area contributed by atoms with E-state index in [1.54, 1.807) is 25.3 Å². The number of nitrogens with zero attached hydrogens (tertiary/aromatic N) is 2. The number of rotatable bonds is 5. The zero-order chi connectivity index (χ0) is 15.4. The predicted molar refractivity (Wildman–Crippen MR) is 81.0 cm³/mol. The largest absolute Gasteiger partial charge is 0.476 e. The maximum atomic E-state index is 12.2. The molecule has 0 aliphatic carbocycles. The summed E-state index contributed by atoms with van der Waals surface area (Å²) in [6.45, 7) is 1.76. The molecule has 2 heterocycles. The number of carboxylic acid groups (broad SMARTS) is 1. The van der Waals surface area contributed by atoms with Crippen molar-refractivity contribution >= 4 is 35.0 Å². The number of thioether (sulfide) groups is 1. The molecule has 21 heavy (non-hydrogen) atoms. The fourth-order valence-electron chi connectivity index (χ4n) is 1.65. The number of amides is 1. The van der Waals surface area contributed by atoms with E-state index in [1.165, 1.54) is 28.5 Å². The second-order valence-corrected chi connectivity index (χ2v) is 5.82. The van der Waals surface area contributed by atoms with E-state index in [2.05, 4.69) is 15.3 Å². The molecule has 1 atom stereocenters. The van der Waals surface area contributed by atoms with Gasteiger partial charge in [0.2, 0.25) is 0 Å². The number of aromatic carboxylic acids is 1. The van der Waals surface area contributed by atoms with Crippen LogP contribution in [0.3, 0.4) is 0 Å². The highest BCUT2D eigenvalue weighted by Crippen LogP contribution is 2.21. The molecule has 8 heteroatoms. The summed E-state index contributed by atoms with van der Waals surface area (Å²) in [7, 11) is 0. The normalized spacial score (nSPS) is 11.9. The minimum atomic E-state index is -1.08. The standard InChI is InChI=1S/C13H13N3O3S2/c1-7(11-16-9(6-21-11)13(18)19)15-10(17)8-4-3-5-14-12(8)20-2/h3-7H,1-2H3,(H,15,17)(H,18,19). The molecule has 0 spiro atoms. The molecule has 110 valence electrons. The average molecular weight is 323 g/mol. The molecular formula is C13H13N3O3S2. The first-order chi connectivity index (χ1) is 10.0.